The molecule has 0 amide bonds. The van der Waals surface area contributed by atoms with E-state index in [1.807, 2.05) is 24.3 Å². The third-order valence-electron chi connectivity index (χ3n) is 4.17. The molecule has 26 heavy (non-hydrogen) atoms. The maximum absolute atomic E-state index is 5.41. The highest BCUT2D eigenvalue weighted by Gasteiger charge is 2.12. The van der Waals surface area contributed by atoms with Crippen molar-refractivity contribution in [3.8, 4) is 17.2 Å². The van der Waals surface area contributed by atoms with Crippen LogP contribution in [-0.2, 0) is 13.0 Å². The van der Waals surface area contributed by atoms with Crippen molar-refractivity contribution in [1.82, 2.24) is 10.6 Å². The van der Waals surface area contributed by atoms with E-state index >= 15 is 0 Å². The number of hydrogen-bond donors (Lipinski definition) is 2. The van der Waals surface area contributed by atoms with Gasteiger partial charge in [0.1, 0.15) is 5.75 Å². The highest BCUT2D eigenvalue weighted by molar-refractivity contribution is 5.79. The summed E-state index contributed by atoms with van der Waals surface area (Å²) in [5.74, 6) is 3.27. The molecule has 6 heteroatoms. The zero-order chi connectivity index (χ0) is 18.4. The van der Waals surface area contributed by atoms with Gasteiger partial charge in [0.25, 0.3) is 0 Å². The van der Waals surface area contributed by atoms with E-state index in [1.165, 1.54) is 11.1 Å². The van der Waals surface area contributed by atoms with E-state index in [2.05, 4.69) is 34.7 Å². The molecule has 2 aromatic carbocycles. The number of nitrogens with one attached hydrogen (secondary N) is 2. The number of aliphatic imine (C=N–C) groups is 1. The number of aryl methyl sites for hydroxylation is 1. The predicted molar refractivity (Wildman–Crippen MR) is 102 cm³/mol. The normalized spacial score (nSPS) is 12.8. The van der Waals surface area contributed by atoms with Gasteiger partial charge in [-0.2, -0.15) is 0 Å². The smallest absolute Gasteiger partial charge is 0.231 e. The fraction of sp³-hybridized carbons (Fsp3) is 0.350. The summed E-state index contributed by atoms with van der Waals surface area (Å²) in [4.78, 5) is 4.28. The van der Waals surface area contributed by atoms with E-state index in [4.69, 9.17) is 14.2 Å². The van der Waals surface area contributed by atoms with Crippen molar-refractivity contribution in [3.05, 3.63) is 53.1 Å². The van der Waals surface area contributed by atoms with Crippen LogP contribution in [0.25, 0.3) is 0 Å². The Labute approximate surface area is 154 Å². The molecule has 138 valence electrons. The summed E-state index contributed by atoms with van der Waals surface area (Å²) in [6, 6.07) is 12.2. The number of fused-ring (bicyclic) bond motifs is 1. The minimum absolute atomic E-state index is 0.303. The quantitative estimate of drug-likeness (QED) is 0.616. The van der Waals surface area contributed by atoms with Crippen molar-refractivity contribution in [2.45, 2.75) is 19.9 Å². The Kier molecular flexibility index (Phi) is 5.84. The Morgan fingerprint density at radius 1 is 1.08 bits per heavy atom. The van der Waals surface area contributed by atoms with Crippen molar-refractivity contribution >= 4 is 5.96 Å². The number of rotatable bonds is 6. The molecule has 1 aliphatic rings. The van der Waals surface area contributed by atoms with Crippen molar-refractivity contribution < 1.29 is 14.2 Å². The number of methoxy groups -OCH3 is 1. The molecule has 0 bridgehead atoms. The van der Waals surface area contributed by atoms with Crippen LogP contribution in [0.3, 0.4) is 0 Å². The molecule has 2 N–H and O–H groups in total. The van der Waals surface area contributed by atoms with Crippen molar-refractivity contribution in [2.75, 3.05) is 27.5 Å². The minimum Gasteiger partial charge on any atom is -0.497 e. The van der Waals surface area contributed by atoms with Gasteiger partial charge >= 0.3 is 0 Å². The average Bonchev–Trinajstić information content (AvgIpc) is 3.11. The fourth-order valence-electron chi connectivity index (χ4n) is 2.87. The maximum atomic E-state index is 5.41. The first-order chi connectivity index (χ1) is 12.7. The lowest BCUT2D eigenvalue weighted by Crippen LogP contribution is -2.37. The van der Waals surface area contributed by atoms with Crippen LogP contribution in [0, 0.1) is 6.92 Å². The van der Waals surface area contributed by atoms with E-state index in [1.54, 1.807) is 14.2 Å². The maximum Gasteiger partial charge on any atom is 0.231 e. The first kappa shape index (κ1) is 17.9. The molecule has 0 spiro atoms. The summed E-state index contributed by atoms with van der Waals surface area (Å²) >= 11 is 0. The summed E-state index contributed by atoms with van der Waals surface area (Å²) in [5.41, 5.74) is 3.52. The molecule has 0 aliphatic carbocycles. The van der Waals surface area contributed by atoms with Crippen LogP contribution in [0.5, 0.6) is 17.2 Å². The standard InChI is InChI=1S/C20H25N3O3/c1-14-8-16(10-17(9-14)24-3)12-23-20(21-2)22-7-6-15-4-5-18-19(11-15)26-13-25-18/h4-5,8-11H,6-7,12-13H2,1-3H3,(H2,21,22,23). The lowest BCUT2D eigenvalue weighted by atomic mass is 10.1. The Balaban J connectivity index is 1.48. The summed E-state index contributed by atoms with van der Waals surface area (Å²) in [6.07, 6.45) is 0.871. The third-order valence-corrected chi connectivity index (χ3v) is 4.17. The van der Waals surface area contributed by atoms with E-state index in [0.717, 1.165) is 41.7 Å². The predicted octanol–water partition coefficient (Wildman–Crippen LogP) is 2.64. The molecule has 0 atom stereocenters. The number of guanidine groups is 1. The largest absolute Gasteiger partial charge is 0.497 e. The first-order valence-electron chi connectivity index (χ1n) is 8.65. The van der Waals surface area contributed by atoms with Crippen LogP contribution in [0.4, 0.5) is 0 Å². The SMILES string of the molecule is CN=C(NCCc1ccc2c(c1)OCO2)NCc1cc(C)cc(OC)c1. The Morgan fingerprint density at radius 2 is 1.92 bits per heavy atom. The monoisotopic (exact) mass is 355 g/mol. The molecular weight excluding hydrogens is 330 g/mol. The summed E-state index contributed by atoms with van der Waals surface area (Å²) < 4.78 is 16.1. The third kappa shape index (κ3) is 4.59. The van der Waals surface area contributed by atoms with Gasteiger partial charge in [-0.1, -0.05) is 12.1 Å². The average molecular weight is 355 g/mol. The minimum atomic E-state index is 0.303. The van der Waals surface area contributed by atoms with Gasteiger partial charge < -0.3 is 24.8 Å². The zero-order valence-electron chi connectivity index (χ0n) is 15.5. The molecule has 1 aliphatic heterocycles. The van der Waals surface area contributed by atoms with Gasteiger partial charge in [-0.25, -0.2) is 0 Å². The molecule has 2 aromatic rings. The molecule has 0 aromatic heterocycles. The number of hydrogen-bond acceptors (Lipinski definition) is 4. The molecule has 6 nitrogen and oxygen atoms in total. The van der Waals surface area contributed by atoms with Crippen molar-refractivity contribution in [2.24, 2.45) is 4.99 Å². The summed E-state index contributed by atoms with van der Waals surface area (Å²) in [5, 5.41) is 6.67. The van der Waals surface area contributed by atoms with Gasteiger partial charge in [0, 0.05) is 20.1 Å². The highest BCUT2D eigenvalue weighted by Crippen LogP contribution is 2.32. The topological polar surface area (TPSA) is 64.1 Å². The lowest BCUT2D eigenvalue weighted by molar-refractivity contribution is 0.174. The molecular formula is C20H25N3O3. The molecule has 1 heterocycles. The molecule has 0 fully saturated rings. The molecule has 0 radical (unpaired) electrons. The van der Waals surface area contributed by atoms with E-state index in [0.29, 0.717) is 13.3 Å². The van der Waals surface area contributed by atoms with Gasteiger partial charge in [0.15, 0.2) is 17.5 Å². The van der Waals surface area contributed by atoms with Crippen molar-refractivity contribution in [1.29, 1.82) is 0 Å². The van der Waals surface area contributed by atoms with E-state index in [9.17, 15) is 0 Å². The van der Waals surface area contributed by atoms with Crippen molar-refractivity contribution in [3.63, 3.8) is 0 Å². The number of benzene rings is 2. The van der Waals surface area contributed by atoms with Gasteiger partial charge in [-0.15, -0.1) is 0 Å². The van der Waals surface area contributed by atoms with Crippen LogP contribution in [0.1, 0.15) is 16.7 Å². The summed E-state index contributed by atoms with van der Waals surface area (Å²) in [7, 11) is 3.45. The second-order valence-corrected chi connectivity index (χ2v) is 6.15. The fourth-order valence-corrected chi connectivity index (χ4v) is 2.87. The van der Waals surface area contributed by atoms with Crippen LogP contribution in [0.2, 0.25) is 0 Å². The van der Waals surface area contributed by atoms with Gasteiger partial charge in [-0.05, 0) is 54.3 Å². The van der Waals surface area contributed by atoms with Gasteiger partial charge in [0.05, 0.1) is 7.11 Å². The highest BCUT2D eigenvalue weighted by atomic mass is 16.7. The van der Waals surface area contributed by atoms with Crippen LogP contribution >= 0.6 is 0 Å². The van der Waals surface area contributed by atoms with E-state index < -0.39 is 0 Å². The molecule has 3 rings (SSSR count). The number of nitrogens with zero attached hydrogens (tertiary/aromatic N) is 1. The van der Waals surface area contributed by atoms with E-state index in [-0.39, 0.29) is 0 Å². The molecule has 0 unspecified atom stereocenters. The zero-order valence-corrected chi connectivity index (χ0v) is 15.5. The lowest BCUT2D eigenvalue weighted by Gasteiger charge is -2.13. The van der Waals surface area contributed by atoms with Crippen LogP contribution < -0.4 is 24.8 Å². The molecule has 0 saturated heterocycles. The van der Waals surface area contributed by atoms with Gasteiger partial charge in [-0.3, -0.25) is 4.99 Å². The first-order valence-corrected chi connectivity index (χ1v) is 8.65. The Morgan fingerprint density at radius 3 is 2.73 bits per heavy atom. The number of ether oxygens (including phenoxy) is 3. The molecule has 0 saturated carbocycles. The second kappa shape index (κ2) is 8.47. The van der Waals surface area contributed by atoms with Crippen LogP contribution in [0.15, 0.2) is 41.4 Å². The van der Waals surface area contributed by atoms with Crippen LogP contribution in [-0.4, -0.2) is 33.5 Å². The Bertz CT molecular complexity index is 790. The summed E-state index contributed by atoms with van der Waals surface area (Å²) in [6.45, 7) is 3.82. The Hall–Kier alpha value is -2.89. The second-order valence-electron chi connectivity index (χ2n) is 6.15. The van der Waals surface area contributed by atoms with Gasteiger partial charge in [0.2, 0.25) is 6.79 Å².